The highest BCUT2D eigenvalue weighted by Gasteiger charge is 1.84. The Morgan fingerprint density at radius 3 is 2.44 bits per heavy atom. The van der Waals surface area contributed by atoms with Crippen LogP contribution in [0.15, 0.2) is 28.4 Å². The number of terminal acetylenes is 1. The summed E-state index contributed by atoms with van der Waals surface area (Å²) in [7, 11) is 0. The lowest BCUT2D eigenvalue weighted by Gasteiger charge is -1.84. The zero-order valence-corrected chi connectivity index (χ0v) is 5.65. The molecule has 0 atom stereocenters. The molecule has 0 saturated carbocycles. The van der Waals surface area contributed by atoms with Gasteiger partial charge in [-0.05, 0) is 12.8 Å². The Bertz CT molecular complexity index is 195. The van der Waals surface area contributed by atoms with Gasteiger partial charge in [0.2, 0.25) is 0 Å². The van der Waals surface area contributed by atoms with Crippen molar-refractivity contribution in [1.82, 2.24) is 0 Å². The van der Waals surface area contributed by atoms with Crippen molar-refractivity contribution in [1.29, 1.82) is 0 Å². The lowest BCUT2D eigenvalue weighted by Crippen LogP contribution is -1.69. The van der Waals surface area contributed by atoms with Gasteiger partial charge >= 0.3 is 0 Å². The van der Waals surface area contributed by atoms with Crippen LogP contribution in [0.4, 0.5) is 0 Å². The average molecular weight is 140 g/mol. The van der Waals surface area contributed by atoms with Crippen molar-refractivity contribution in [3.8, 4) is 12.3 Å². The first kappa shape index (κ1) is 8.00. The van der Waals surface area contributed by atoms with Crippen LogP contribution in [0.1, 0.15) is 0 Å². The van der Waals surface area contributed by atoms with Gasteiger partial charge in [-0.15, -0.1) is 6.42 Å². The van der Waals surface area contributed by atoms with Crippen LogP contribution in [-0.2, 0) is 0 Å². The summed E-state index contributed by atoms with van der Waals surface area (Å²) in [5.74, 6) is 2.27. The second kappa shape index (κ2) is 3.94. The topological polar surface area (TPSA) is 12.4 Å². The SMILES string of the molecule is C#C/C(=C/C(=C)Cl)N=C. The molecule has 0 aliphatic heterocycles. The normalized spacial score (nSPS) is 10.0. The maximum absolute atomic E-state index is 5.38. The Balaban J connectivity index is 4.30. The van der Waals surface area contributed by atoms with Crippen LogP contribution in [0.3, 0.4) is 0 Å². The molecule has 0 bridgehead atoms. The lowest BCUT2D eigenvalue weighted by atomic mass is 10.4. The summed E-state index contributed by atoms with van der Waals surface area (Å²) in [6, 6.07) is 0. The first-order chi connectivity index (χ1) is 4.20. The van der Waals surface area contributed by atoms with Crippen molar-refractivity contribution in [2.24, 2.45) is 4.99 Å². The highest BCUT2D eigenvalue weighted by molar-refractivity contribution is 6.30. The summed E-state index contributed by atoms with van der Waals surface area (Å²) in [5.41, 5.74) is 0.398. The van der Waals surface area contributed by atoms with E-state index >= 15 is 0 Å². The third-order valence-electron chi connectivity index (χ3n) is 0.612. The number of hydrogen-bond donors (Lipinski definition) is 0. The molecule has 0 saturated heterocycles. The van der Waals surface area contributed by atoms with E-state index in [9.17, 15) is 0 Å². The predicted octanol–water partition coefficient (Wildman–Crippen LogP) is 1.96. The van der Waals surface area contributed by atoms with Crippen LogP contribution in [0, 0.1) is 12.3 Å². The zero-order valence-electron chi connectivity index (χ0n) is 4.89. The van der Waals surface area contributed by atoms with Crippen LogP contribution in [-0.4, -0.2) is 6.72 Å². The molecule has 0 rings (SSSR count). The Morgan fingerprint density at radius 1 is 1.78 bits per heavy atom. The summed E-state index contributed by atoms with van der Waals surface area (Å²) >= 11 is 5.38. The minimum absolute atomic E-state index is 0.357. The monoisotopic (exact) mass is 139 g/mol. The molecule has 0 amide bonds. The molecule has 0 N–H and O–H groups in total. The first-order valence-corrected chi connectivity index (χ1v) is 2.58. The molecular weight excluding hydrogens is 134 g/mol. The molecule has 0 unspecified atom stereocenters. The van der Waals surface area contributed by atoms with Crippen molar-refractivity contribution in [3.05, 3.63) is 23.4 Å². The van der Waals surface area contributed by atoms with E-state index in [-0.39, 0.29) is 0 Å². The van der Waals surface area contributed by atoms with Crippen LogP contribution in [0.5, 0.6) is 0 Å². The third-order valence-corrected chi connectivity index (χ3v) is 0.721. The van der Waals surface area contributed by atoms with Gasteiger partial charge in [0.15, 0.2) is 0 Å². The Kier molecular flexibility index (Phi) is 3.50. The molecular formula is C7H6ClN. The highest BCUT2D eigenvalue weighted by atomic mass is 35.5. The van der Waals surface area contributed by atoms with Crippen LogP contribution in [0.2, 0.25) is 0 Å². The van der Waals surface area contributed by atoms with E-state index in [2.05, 4.69) is 24.2 Å². The van der Waals surface area contributed by atoms with E-state index in [0.29, 0.717) is 10.7 Å². The van der Waals surface area contributed by atoms with Crippen molar-refractivity contribution in [2.75, 3.05) is 0 Å². The summed E-state index contributed by atoms with van der Waals surface area (Å²) in [6.07, 6.45) is 6.45. The third kappa shape index (κ3) is 3.57. The Hall–Kier alpha value is -1.00. The van der Waals surface area contributed by atoms with Gasteiger partial charge in [0.05, 0.1) is 0 Å². The Morgan fingerprint density at radius 2 is 2.33 bits per heavy atom. The van der Waals surface area contributed by atoms with Gasteiger partial charge in [-0.2, -0.15) is 0 Å². The van der Waals surface area contributed by atoms with Crippen molar-refractivity contribution >= 4 is 18.3 Å². The molecule has 0 aliphatic rings. The molecule has 0 aromatic rings. The molecule has 46 valence electrons. The fourth-order valence-electron chi connectivity index (χ4n) is 0.281. The predicted molar refractivity (Wildman–Crippen MR) is 41.5 cm³/mol. The van der Waals surface area contributed by atoms with Gasteiger partial charge in [0.25, 0.3) is 0 Å². The fourth-order valence-corrected chi connectivity index (χ4v) is 0.385. The molecule has 2 heteroatoms. The molecule has 1 nitrogen and oxygen atoms in total. The Labute approximate surface area is 59.7 Å². The van der Waals surface area contributed by atoms with Gasteiger partial charge in [-0.25, -0.2) is 0 Å². The molecule has 0 spiro atoms. The molecule has 9 heavy (non-hydrogen) atoms. The zero-order chi connectivity index (χ0) is 7.28. The van der Waals surface area contributed by atoms with E-state index in [4.69, 9.17) is 18.0 Å². The number of allylic oxidation sites excluding steroid dienone is 3. The standard InChI is InChI=1S/C7H6ClN/c1-4-7(9-3)5-6(2)8/h1,5H,2-3H2/b7-5-. The number of aliphatic imine (C=N–C) groups is 1. The quantitative estimate of drug-likeness (QED) is 0.315. The molecule has 0 heterocycles. The van der Waals surface area contributed by atoms with Crippen LogP contribution < -0.4 is 0 Å². The van der Waals surface area contributed by atoms with Gasteiger partial charge in [-0.3, -0.25) is 4.99 Å². The number of rotatable bonds is 2. The van der Waals surface area contributed by atoms with E-state index < -0.39 is 0 Å². The molecule has 0 aromatic carbocycles. The minimum atomic E-state index is 0.357. The molecule has 0 radical (unpaired) electrons. The van der Waals surface area contributed by atoms with E-state index in [1.807, 2.05) is 0 Å². The highest BCUT2D eigenvalue weighted by Crippen LogP contribution is 2.03. The maximum Gasteiger partial charge on any atom is 0.113 e. The number of hydrogen-bond acceptors (Lipinski definition) is 1. The minimum Gasteiger partial charge on any atom is -0.256 e. The molecule has 0 aliphatic carbocycles. The van der Waals surface area contributed by atoms with Crippen molar-refractivity contribution < 1.29 is 0 Å². The summed E-state index contributed by atoms with van der Waals surface area (Å²) in [4.78, 5) is 3.48. The molecule has 0 fully saturated rings. The van der Waals surface area contributed by atoms with Gasteiger partial charge in [0, 0.05) is 5.03 Å². The van der Waals surface area contributed by atoms with Crippen LogP contribution >= 0.6 is 11.6 Å². The van der Waals surface area contributed by atoms with Crippen molar-refractivity contribution in [3.63, 3.8) is 0 Å². The van der Waals surface area contributed by atoms with Crippen molar-refractivity contribution in [2.45, 2.75) is 0 Å². The lowest BCUT2D eigenvalue weighted by molar-refractivity contribution is 1.48. The smallest absolute Gasteiger partial charge is 0.113 e. The van der Waals surface area contributed by atoms with Gasteiger partial charge in [-0.1, -0.05) is 24.1 Å². The second-order valence-corrected chi connectivity index (χ2v) is 1.76. The molecule has 0 aromatic heterocycles. The summed E-state index contributed by atoms with van der Waals surface area (Å²) in [5, 5.41) is 0.357. The van der Waals surface area contributed by atoms with E-state index in [0.717, 1.165) is 0 Å². The maximum atomic E-state index is 5.38. The largest absolute Gasteiger partial charge is 0.256 e. The number of nitrogens with zero attached hydrogens (tertiary/aromatic N) is 1. The fraction of sp³-hybridized carbons (Fsp3) is 0. The summed E-state index contributed by atoms with van der Waals surface area (Å²) < 4.78 is 0. The second-order valence-electron chi connectivity index (χ2n) is 1.28. The van der Waals surface area contributed by atoms with Crippen LogP contribution in [0.25, 0.3) is 0 Å². The van der Waals surface area contributed by atoms with E-state index in [1.54, 1.807) is 0 Å². The van der Waals surface area contributed by atoms with Gasteiger partial charge < -0.3 is 0 Å². The number of halogens is 1. The average Bonchev–Trinajstić information content (AvgIpc) is 1.82. The van der Waals surface area contributed by atoms with E-state index in [1.165, 1.54) is 6.08 Å². The van der Waals surface area contributed by atoms with Gasteiger partial charge in [0.1, 0.15) is 5.70 Å². The first-order valence-electron chi connectivity index (χ1n) is 2.20. The summed E-state index contributed by atoms with van der Waals surface area (Å²) in [6.45, 7) is 6.62.